The zero-order valence-corrected chi connectivity index (χ0v) is 12.4. The average Bonchev–Trinajstić information content (AvgIpc) is 2.96. The lowest BCUT2D eigenvalue weighted by atomic mass is 9.99. The van der Waals surface area contributed by atoms with Crippen LogP contribution in [0.1, 0.15) is 47.5 Å². The highest BCUT2D eigenvalue weighted by molar-refractivity contribution is 5.78. The molecule has 0 saturated heterocycles. The van der Waals surface area contributed by atoms with E-state index in [1.807, 2.05) is 13.8 Å². The molecule has 1 aliphatic carbocycles. The van der Waals surface area contributed by atoms with Crippen molar-refractivity contribution < 1.29 is 9.90 Å². The highest BCUT2D eigenvalue weighted by Crippen LogP contribution is 2.29. The second-order valence-electron chi connectivity index (χ2n) is 6.49. The van der Waals surface area contributed by atoms with Crippen molar-refractivity contribution in [2.24, 2.45) is 5.92 Å². The molecule has 1 unspecified atom stereocenters. The molecule has 0 aromatic carbocycles. The number of carbonyl (C=O) groups is 1. The maximum absolute atomic E-state index is 11.5. The van der Waals surface area contributed by atoms with Crippen LogP contribution in [0.2, 0.25) is 0 Å². The van der Waals surface area contributed by atoms with E-state index in [4.69, 9.17) is 0 Å². The summed E-state index contributed by atoms with van der Waals surface area (Å²) in [4.78, 5) is 13.9. The standard InChI is InChI=1S/C14H28N2O2/c1-10(2)8-16(12-6-7-12)9-14(5,13(17)18)15-11(3)4/h10-12,15H,6-9H2,1-5H3,(H,17,18). The summed E-state index contributed by atoms with van der Waals surface area (Å²) in [5.41, 5.74) is -0.856. The summed E-state index contributed by atoms with van der Waals surface area (Å²) in [6, 6.07) is 0.770. The zero-order chi connectivity index (χ0) is 13.9. The minimum Gasteiger partial charge on any atom is -0.480 e. The van der Waals surface area contributed by atoms with Crippen LogP contribution in [0.5, 0.6) is 0 Å². The van der Waals surface area contributed by atoms with Crippen LogP contribution >= 0.6 is 0 Å². The van der Waals surface area contributed by atoms with E-state index in [9.17, 15) is 9.90 Å². The van der Waals surface area contributed by atoms with E-state index in [0.717, 1.165) is 6.54 Å². The van der Waals surface area contributed by atoms with Crippen molar-refractivity contribution in [1.82, 2.24) is 10.2 Å². The van der Waals surface area contributed by atoms with Crippen molar-refractivity contribution in [3.63, 3.8) is 0 Å². The van der Waals surface area contributed by atoms with Crippen LogP contribution in [0.3, 0.4) is 0 Å². The molecule has 0 amide bonds. The smallest absolute Gasteiger partial charge is 0.324 e. The molecule has 0 spiro atoms. The van der Waals surface area contributed by atoms with Gasteiger partial charge in [-0.3, -0.25) is 15.0 Å². The van der Waals surface area contributed by atoms with Gasteiger partial charge in [-0.25, -0.2) is 0 Å². The fourth-order valence-electron chi connectivity index (χ4n) is 2.47. The third-order valence-corrected chi connectivity index (χ3v) is 3.26. The van der Waals surface area contributed by atoms with Crippen LogP contribution in [0.4, 0.5) is 0 Å². The first-order valence-electron chi connectivity index (χ1n) is 6.99. The maximum atomic E-state index is 11.5. The van der Waals surface area contributed by atoms with Gasteiger partial charge in [0.15, 0.2) is 0 Å². The van der Waals surface area contributed by atoms with Crippen LogP contribution < -0.4 is 5.32 Å². The Hall–Kier alpha value is -0.610. The summed E-state index contributed by atoms with van der Waals surface area (Å²) in [5.74, 6) is -0.187. The van der Waals surface area contributed by atoms with E-state index in [1.165, 1.54) is 12.8 Å². The Bertz CT molecular complexity index is 288. The first-order valence-corrected chi connectivity index (χ1v) is 6.99. The number of carboxylic acids is 1. The molecule has 4 heteroatoms. The summed E-state index contributed by atoms with van der Waals surface area (Å²) in [7, 11) is 0. The molecule has 0 aromatic heterocycles. The van der Waals surface area contributed by atoms with Crippen LogP contribution in [-0.2, 0) is 4.79 Å². The number of hydrogen-bond donors (Lipinski definition) is 2. The molecule has 1 rings (SSSR count). The lowest BCUT2D eigenvalue weighted by molar-refractivity contribution is -0.145. The van der Waals surface area contributed by atoms with Crippen molar-refractivity contribution in [1.29, 1.82) is 0 Å². The molecule has 1 atom stereocenters. The van der Waals surface area contributed by atoms with Crippen molar-refractivity contribution in [3.8, 4) is 0 Å². The summed E-state index contributed by atoms with van der Waals surface area (Å²) in [5, 5.41) is 12.7. The number of carboxylic acid groups (broad SMARTS) is 1. The van der Waals surface area contributed by atoms with Crippen molar-refractivity contribution in [2.75, 3.05) is 13.1 Å². The Labute approximate surface area is 111 Å². The molecule has 18 heavy (non-hydrogen) atoms. The molecule has 2 N–H and O–H groups in total. The normalized spacial score (nSPS) is 19.6. The van der Waals surface area contributed by atoms with Gasteiger partial charge in [0.25, 0.3) is 0 Å². The molecular weight excluding hydrogens is 228 g/mol. The fourth-order valence-corrected chi connectivity index (χ4v) is 2.47. The Balaban J connectivity index is 2.70. The van der Waals surface area contributed by atoms with Crippen molar-refractivity contribution in [2.45, 2.75) is 65.1 Å². The monoisotopic (exact) mass is 256 g/mol. The van der Waals surface area contributed by atoms with E-state index in [-0.39, 0.29) is 6.04 Å². The van der Waals surface area contributed by atoms with Crippen LogP contribution in [0, 0.1) is 5.92 Å². The van der Waals surface area contributed by atoms with Gasteiger partial charge in [-0.15, -0.1) is 0 Å². The molecule has 0 aliphatic heterocycles. The zero-order valence-electron chi connectivity index (χ0n) is 12.4. The summed E-state index contributed by atoms with van der Waals surface area (Å²) >= 11 is 0. The Morgan fingerprint density at radius 1 is 1.39 bits per heavy atom. The van der Waals surface area contributed by atoms with Crippen LogP contribution in [0.25, 0.3) is 0 Å². The molecule has 0 radical (unpaired) electrons. The van der Waals surface area contributed by atoms with Gasteiger partial charge >= 0.3 is 5.97 Å². The first-order chi connectivity index (χ1) is 8.24. The number of hydrogen-bond acceptors (Lipinski definition) is 3. The van der Waals surface area contributed by atoms with E-state index >= 15 is 0 Å². The molecule has 0 bridgehead atoms. The number of nitrogens with zero attached hydrogens (tertiary/aromatic N) is 1. The second-order valence-corrected chi connectivity index (χ2v) is 6.49. The topological polar surface area (TPSA) is 52.6 Å². The number of nitrogens with one attached hydrogen (secondary N) is 1. The largest absolute Gasteiger partial charge is 0.480 e. The van der Waals surface area contributed by atoms with Crippen LogP contribution in [-0.4, -0.2) is 46.7 Å². The van der Waals surface area contributed by atoms with Gasteiger partial charge in [-0.2, -0.15) is 0 Å². The van der Waals surface area contributed by atoms with E-state index in [1.54, 1.807) is 6.92 Å². The highest BCUT2D eigenvalue weighted by atomic mass is 16.4. The number of aliphatic carboxylic acids is 1. The predicted octanol–water partition coefficient (Wildman–Crippen LogP) is 1.95. The molecule has 1 saturated carbocycles. The summed E-state index contributed by atoms with van der Waals surface area (Å²) in [6.45, 7) is 11.7. The van der Waals surface area contributed by atoms with Crippen molar-refractivity contribution >= 4 is 5.97 Å². The van der Waals surface area contributed by atoms with Gasteiger partial charge in [-0.1, -0.05) is 13.8 Å². The molecule has 1 fully saturated rings. The van der Waals surface area contributed by atoms with E-state index in [2.05, 4.69) is 24.1 Å². The SMILES string of the molecule is CC(C)CN(CC(C)(NC(C)C)C(=O)O)C1CC1. The maximum Gasteiger partial charge on any atom is 0.324 e. The van der Waals surface area contributed by atoms with E-state index < -0.39 is 11.5 Å². The molecule has 0 aromatic rings. The number of rotatable bonds is 8. The summed E-state index contributed by atoms with van der Waals surface area (Å²) < 4.78 is 0. The average molecular weight is 256 g/mol. The molecule has 0 heterocycles. The highest BCUT2D eigenvalue weighted by Gasteiger charge is 2.39. The second kappa shape index (κ2) is 6.02. The summed E-state index contributed by atoms with van der Waals surface area (Å²) in [6.07, 6.45) is 2.42. The Morgan fingerprint density at radius 2 is 1.94 bits per heavy atom. The Kier molecular flexibility index (Phi) is 5.17. The third kappa shape index (κ3) is 4.58. The fraction of sp³-hybridized carbons (Fsp3) is 0.929. The van der Waals surface area contributed by atoms with Gasteiger partial charge in [-0.05, 0) is 39.5 Å². The van der Waals surface area contributed by atoms with Gasteiger partial charge in [0, 0.05) is 25.2 Å². The minimum atomic E-state index is -0.856. The van der Waals surface area contributed by atoms with Gasteiger partial charge < -0.3 is 5.11 Å². The molecule has 4 nitrogen and oxygen atoms in total. The van der Waals surface area contributed by atoms with Crippen LogP contribution in [0.15, 0.2) is 0 Å². The minimum absolute atomic E-state index is 0.172. The van der Waals surface area contributed by atoms with Crippen molar-refractivity contribution in [3.05, 3.63) is 0 Å². The Morgan fingerprint density at radius 3 is 2.28 bits per heavy atom. The predicted molar refractivity (Wildman–Crippen MR) is 73.7 cm³/mol. The quantitative estimate of drug-likeness (QED) is 0.697. The molecule has 106 valence electrons. The van der Waals surface area contributed by atoms with E-state index in [0.29, 0.717) is 18.5 Å². The molecule has 1 aliphatic rings. The van der Waals surface area contributed by atoms with Gasteiger partial charge in [0.05, 0.1) is 0 Å². The lowest BCUT2D eigenvalue weighted by Gasteiger charge is -2.35. The lowest BCUT2D eigenvalue weighted by Crippen LogP contribution is -2.59. The molecular formula is C14H28N2O2. The van der Waals surface area contributed by atoms with Gasteiger partial charge in [0.2, 0.25) is 0 Å². The first kappa shape index (κ1) is 15.4. The third-order valence-electron chi connectivity index (χ3n) is 3.26. The van der Waals surface area contributed by atoms with Gasteiger partial charge in [0.1, 0.15) is 5.54 Å².